The fraction of sp³-hybridized carbons (Fsp3) is 0.333. The highest BCUT2D eigenvalue weighted by atomic mass is 35.5. The number of benzene rings is 1. The van der Waals surface area contributed by atoms with Crippen LogP contribution in [-0.2, 0) is 9.53 Å². The van der Waals surface area contributed by atoms with Gasteiger partial charge in [-0.2, -0.15) is 0 Å². The standard InChI is InChI=1S/C15H13Cl2NO2S2/c16-10-4-3-9(12(17)7-10)6-13-14(19)18(15(21)22-13)8-11-2-1-5-20-11/h3-4,6-7,11H,1-2,5,8H2. The third-order valence-electron chi connectivity index (χ3n) is 3.53. The van der Waals surface area contributed by atoms with E-state index in [1.54, 1.807) is 29.2 Å². The van der Waals surface area contributed by atoms with Crippen LogP contribution in [0.2, 0.25) is 10.0 Å². The quantitative estimate of drug-likeness (QED) is 0.580. The van der Waals surface area contributed by atoms with Crippen LogP contribution in [0.25, 0.3) is 6.08 Å². The van der Waals surface area contributed by atoms with Gasteiger partial charge in [-0.25, -0.2) is 0 Å². The van der Waals surface area contributed by atoms with E-state index in [4.69, 9.17) is 40.2 Å². The molecule has 2 fully saturated rings. The van der Waals surface area contributed by atoms with Crippen molar-refractivity contribution in [3.8, 4) is 0 Å². The summed E-state index contributed by atoms with van der Waals surface area (Å²) in [5.74, 6) is -0.0866. The fourth-order valence-electron chi connectivity index (χ4n) is 2.41. The lowest BCUT2D eigenvalue weighted by atomic mass is 10.2. The van der Waals surface area contributed by atoms with Gasteiger partial charge in [-0.05, 0) is 36.6 Å². The summed E-state index contributed by atoms with van der Waals surface area (Å²) in [5.41, 5.74) is 0.753. The molecular formula is C15H13Cl2NO2S2. The van der Waals surface area contributed by atoms with Crippen LogP contribution in [0.3, 0.4) is 0 Å². The molecule has 1 amide bonds. The Morgan fingerprint density at radius 2 is 2.27 bits per heavy atom. The molecule has 7 heteroatoms. The van der Waals surface area contributed by atoms with Crippen LogP contribution in [0.5, 0.6) is 0 Å². The molecule has 3 rings (SSSR count). The van der Waals surface area contributed by atoms with Gasteiger partial charge in [-0.1, -0.05) is 53.2 Å². The number of halogens is 2. The second kappa shape index (κ2) is 6.89. The molecule has 0 aromatic heterocycles. The molecule has 1 unspecified atom stereocenters. The highest BCUT2D eigenvalue weighted by molar-refractivity contribution is 8.26. The van der Waals surface area contributed by atoms with Crippen molar-refractivity contribution in [1.82, 2.24) is 4.90 Å². The molecule has 0 bridgehead atoms. The maximum atomic E-state index is 12.5. The van der Waals surface area contributed by atoms with Gasteiger partial charge in [0, 0.05) is 16.7 Å². The maximum Gasteiger partial charge on any atom is 0.266 e. The predicted molar refractivity (Wildman–Crippen MR) is 95.3 cm³/mol. The van der Waals surface area contributed by atoms with Gasteiger partial charge < -0.3 is 4.74 Å². The zero-order valence-electron chi connectivity index (χ0n) is 11.6. The second-order valence-electron chi connectivity index (χ2n) is 5.09. The predicted octanol–water partition coefficient (Wildman–Crippen LogP) is 4.37. The van der Waals surface area contributed by atoms with E-state index >= 15 is 0 Å². The van der Waals surface area contributed by atoms with E-state index in [9.17, 15) is 4.79 Å². The third kappa shape index (κ3) is 3.49. The lowest BCUT2D eigenvalue weighted by Crippen LogP contribution is -2.35. The molecule has 1 aromatic rings. The number of carbonyl (C=O) groups excluding carboxylic acids is 1. The van der Waals surface area contributed by atoms with E-state index in [1.807, 2.05) is 0 Å². The first-order valence-corrected chi connectivity index (χ1v) is 8.84. The van der Waals surface area contributed by atoms with E-state index in [1.165, 1.54) is 11.8 Å². The highest BCUT2D eigenvalue weighted by Crippen LogP contribution is 2.35. The first-order chi connectivity index (χ1) is 10.5. The van der Waals surface area contributed by atoms with Crippen LogP contribution in [0.4, 0.5) is 0 Å². The summed E-state index contributed by atoms with van der Waals surface area (Å²) in [6.45, 7) is 1.28. The number of hydrogen-bond acceptors (Lipinski definition) is 4. The van der Waals surface area contributed by atoms with Crippen molar-refractivity contribution in [2.45, 2.75) is 18.9 Å². The molecular weight excluding hydrogens is 361 g/mol. The Morgan fingerprint density at radius 1 is 1.45 bits per heavy atom. The molecule has 2 aliphatic heterocycles. The number of ether oxygens (including phenoxy) is 1. The number of rotatable bonds is 3. The summed E-state index contributed by atoms with van der Waals surface area (Å²) in [7, 11) is 0. The van der Waals surface area contributed by atoms with Gasteiger partial charge in [-0.15, -0.1) is 0 Å². The van der Waals surface area contributed by atoms with Gasteiger partial charge in [0.25, 0.3) is 5.91 Å². The van der Waals surface area contributed by atoms with Crippen LogP contribution >= 0.6 is 47.2 Å². The topological polar surface area (TPSA) is 29.5 Å². The highest BCUT2D eigenvalue weighted by Gasteiger charge is 2.34. The average Bonchev–Trinajstić information content (AvgIpc) is 3.06. The molecule has 0 spiro atoms. The van der Waals surface area contributed by atoms with Gasteiger partial charge in [0.15, 0.2) is 0 Å². The zero-order chi connectivity index (χ0) is 15.7. The number of thiocarbonyl (C=S) groups is 1. The van der Waals surface area contributed by atoms with Gasteiger partial charge in [0.05, 0.1) is 17.6 Å². The van der Waals surface area contributed by atoms with Crippen molar-refractivity contribution in [3.63, 3.8) is 0 Å². The largest absolute Gasteiger partial charge is 0.376 e. The molecule has 22 heavy (non-hydrogen) atoms. The van der Waals surface area contributed by atoms with Crippen molar-refractivity contribution in [1.29, 1.82) is 0 Å². The smallest absolute Gasteiger partial charge is 0.266 e. The minimum Gasteiger partial charge on any atom is -0.376 e. The molecule has 116 valence electrons. The van der Waals surface area contributed by atoms with Crippen molar-refractivity contribution in [2.75, 3.05) is 13.2 Å². The molecule has 0 N–H and O–H groups in total. The first-order valence-electron chi connectivity index (χ1n) is 6.86. The monoisotopic (exact) mass is 373 g/mol. The summed E-state index contributed by atoms with van der Waals surface area (Å²) < 4.78 is 6.15. The van der Waals surface area contributed by atoms with Crippen LogP contribution in [-0.4, -0.2) is 34.4 Å². The Kier molecular flexibility index (Phi) is 5.10. The normalized spacial score (nSPS) is 23.8. The summed E-state index contributed by atoms with van der Waals surface area (Å²) in [6, 6.07) is 5.19. The van der Waals surface area contributed by atoms with Gasteiger partial charge >= 0.3 is 0 Å². The van der Waals surface area contributed by atoms with Crippen molar-refractivity contribution < 1.29 is 9.53 Å². The number of nitrogens with zero attached hydrogens (tertiary/aromatic N) is 1. The molecule has 2 aliphatic rings. The minimum atomic E-state index is -0.0866. The van der Waals surface area contributed by atoms with Crippen LogP contribution in [0.1, 0.15) is 18.4 Å². The molecule has 0 aliphatic carbocycles. The van der Waals surface area contributed by atoms with E-state index in [0.29, 0.717) is 25.8 Å². The Morgan fingerprint density at radius 3 is 2.95 bits per heavy atom. The van der Waals surface area contributed by atoms with Gasteiger partial charge in [0.1, 0.15) is 4.32 Å². The van der Waals surface area contributed by atoms with Crippen molar-refractivity contribution in [3.05, 3.63) is 38.7 Å². The summed E-state index contributed by atoms with van der Waals surface area (Å²) in [6.07, 6.45) is 3.85. The van der Waals surface area contributed by atoms with E-state index in [-0.39, 0.29) is 12.0 Å². The lowest BCUT2D eigenvalue weighted by molar-refractivity contribution is -0.123. The Balaban J connectivity index is 1.79. The van der Waals surface area contributed by atoms with E-state index in [2.05, 4.69) is 0 Å². The zero-order valence-corrected chi connectivity index (χ0v) is 14.7. The van der Waals surface area contributed by atoms with Gasteiger partial charge in [-0.3, -0.25) is 9.69 Å². The van der Waals surface area contributed by atoms with Crippen molar-refractivity contribution >= 4 is 63.5 Å². The third-order valence-corrected chi connectivity index (χ3v) is 5.47. The lowest BCUT2D eigenvalue weighted by Gasteiger charge is -2.18. The van der Waals surface area contributed by atoms with Crippen LogP contribution in [0, 0.1) is 0 Å². The van der Waals surface area contributed by atoms with Crippen LogP contribution in [0.15, 0.2) is 23.1 Å². The Hall–Kier alpha value is -0.590. The van der Waals surface area contributed by atoms with Gasteiger partial charge in [0.2, 0.25) is 0 Å². The summed E-state index contributed by atoms with van der Waals surface area (Å²) >= 11 is 18.6. The maximum absolute atomic E-state index is 12.5. The Bertz CT molecular complexity index is 657. The molecule has 2 heterocycles. The molecule has 3 nitrogen and oxygen atoms in total. The molecule has 1 atom stereocenters. The second-order valence-corrected chi connectivity index (χ2v) is 7.61. The number of carbonyl (C=O) groups is 1. The molecule has 1 aromatic carbocycles. The summed E-state index contributed by atoms with van der Waals surface area (Å²) in [4.78, 5) is 14.7. The van der Waals surface area contributed by atoms with Crippen molar-refractivity contribution in [2.24, 2.45) is 0 Å². The molecule has 2 saturated heterocycles. The summed E-state index contributed by atoms with van der Waals surface area (Å²) in [5, 5.41) is 1.07. The Labute approximate surface area is 148 Å². The first kappa shape index (κ1) is 16.3. The van der Waals surface area contributed by atoms with E-state index < -0.39 is 0 Å². The minimum absolute atomic E-state index is 0.0842. The SMILES string of the molecule is O=C1C(=Cc2ccc(Cl)cc2Cl)SC(=S)N1CC1CCCO1. The van der Waals surface area contributed by atoms with E-state index in [0.717, 1.165) is 25.0 Å². The number of hydrogen-bond donors (Lipinski definition) is 0. The number of amides is 1. The number of thioether (sulfide) groups is 1. The van der Waals surface area contributed by atoms with Crippen LogP contribution < -0.4 is 0 Å². The fourth-order valence-corrected chi connectivity index (χ4v) is 4.14. The molecule has 0 radical (unpaired) electrons. The molecule has 0 saturated carbocycles. The average molecular weight is 374 g/mol.